The number of hydrogen-bond acceptors (Lipinski definition) is 3. The SMILES string of the molecule is CC1C(C(=O)O)CCN1C(=O)c1ccc(N(C)C)cc1. The molecule has 1 aromatic rings. The monoisotopic (exact) mass is 276 g/mol. The van der Waals surface area contributed by atoms with Gasteiger partial charge in [-0.05, 0) is 37.6 Å². The van der Waals surface area contributed by atoms with Gasteiger partial charge in [0, 0.05) is 37.9 Å². The Balaban J connectivity index is 2.14. The maximum Gasteiger partial charge on any atom is 0.308 e. The van der Waals surface area contributed by atoms with Crippen LogP contribution in [0.1, 0.15) is 23.7 Å². The van der Waals surface area contributed by atoms with E-state index in [-0.39, 0.29) is 11.9 Å². The number of carbonyl (C=O) groups excluding carboxylic acids is 1. The van der Waals surface area contributed by atoms with Crippen LogP contribution in [0, 0.1) is 5.92 Å². The van der Waals surface area contributed by atoms with Crippen molar-refractivity contribution in [2.45, 2.75) is 19.4 Å². The molecule has 1 aliphatic rings. The van der Waals surface area contributed by atoms with Crippen LogP contribution < -0.4 is 4.90 Å². The van der Waals surface area contributed by atoms with Crippen molar-refractivity contribution >= 4 is 17.6 Å². The molecule has 108 valence electrons. The topological polar surface area (TPSA) is 60.9 Å². The Morgan fingerprint density at radius 2 is 1.85 bits per heavy atom. The molecule has 2 unspecified atom stereocenters. The summed E-state index contributed by atoms with van der Waals surface area (Å²) in [6.45, 7) is 2.31. The third kappa shape index (κ3) is 2.61. The number of anilines is 1. The number of aliphatic carboxylic acids is 1. The van der Waals surface area contributed by atoms with Gasteiger partial charge in [-0.15, -0.1) is 0 Å². The zero-order valence-corrected chi connectivity index (χ0v) is 12.0. The molecule has 1 heterocycles. The van der Waals surface area contributed by atoms with Gasteiger partial charge in [-0.3, -0.25) is 9.59 Å². The molecule has 0 radical (unpaired) electrons. The van der Waals surface area contributed by atoms with Crippen molar-refractivity contribution in [2.75, 3.05) is 25.5 Å². The zero-order chi connectivity index (χ0) is 14.9. The van der Waals surface area contributed by atoms with Crippen LogP contribution in [0.4, 0.5) is 5.69 Å². The first-order valence-electron chi connectivity index (χ1n) is 6.73. The fourth-order valence-corrected chi connectivity index (χ4v) is 2.62. The standard InChI is InChI=1S/C15H20N2O3/c1-10-13(15(19)20)8-9-17(10)14(18)11-4-6-12(7-5-11)16(2)3/h4-7,10,13H,8-9H2,1-3H3,(H,19,20). The third-order valence-electron chi connectivity index (χ3n) is 3.96. The number of amides is 1. The lowest BCUT2D eigenvalue weighted by Crippen LogP contribution is -2.37. The molecule has 0 bridgehead atoms. The second-order valence-corrected chi connectivity index (χ2v) is 5.41. The fourth-order valence-electron chi connectivity index (χ4n) is 2.62. The number of hydrogen-bond donors (Lipinski definition) is 1. The molecule has 20 heavy (non-hydrogen) atoms. The Hall–Kier alpha value is -2.04. The molecule has 1 N–H and O–H groups in total. The van der Waals surface area contributed by atoms with Crippen LogP contribution in [0.25, 0.3) is 0 Å². The molecule has 0 spiro atoms. The van der Waals surface area contributed by atoms with Gasteiger partial charge in [0.15, 0.2) is 0 Å². The minimum atomic E-state index is -0.823. The summed E-state index contributed by atoms with van der Waals surface area (Å²) in [5.74, 6) is -1.37. The van der Waals surface area contributed by atoms with Gasteiger partial charge < -0.3 is 14.9 Å². The summed E-state index contributed by atoms with van der Waals surface area (Å²) in [6.07, 6.45) is 0.526. The van der Waals surface area contributed by atoms with Crippen molar-refractivity contribution < 1.29 is 14.7 Å². The minimum absolute atomic E-state index is 0.0912. The van der Waals surface area contributed by atoms with Gasteiger partial charge >= 0.3 is 5.97 Å². The molecule has 0 saturated carbocycles. The van der Waals surface area contributed by atoms with E-state index in [1.165, 1.54) is 0 Å². The van der Waals surface area contributed by atoms with Gasteiger partial charge in [0.1, 0.15) is 0 Å². The Bertz CT molecular complexity index is 510. The predicted octanol–water partition coefficient (Wildman–Crippen LogP) is 1.69. The summed E-state index contributed by atoms with van der Waals surface area (Å²) in [5, 5.41) is 9.11. The van der Waals surface area contributed by atoms with Crippen molar-refractivity contribution in [2.24, 2.45) is 5.92 Å². The first-order valence-corrected chi connectivity index (χ1v) is 6.73. The summed E-state index contributed by atoms with van der Waals surface area (Å²) in [5.41, 5.74) is 1.63. The lowest BCUT2D eigenvalue weighted by Gasteiger charge is -2.23. The highest BCUT2D eigenvalue weighted by molar-refractivity contribution is 5.95. The van der Waals surface area contributed by atoms with Crippen molar-refractivity contribution in [1.29, 1.82) is 0 Å². The van der Waals surface area contributed by atoms with Gasteiger partial charge in [0.05, 0.1) is 5.92 Å². The highest BCUT2D eigenvalue weighted by atomic mass is 16.4. The molecular weight excluding hydrogens is 256 g/mol. The maximum atomic E-state index is 12.4. The smallest absolute Gasteiger partial charge is 0.308 e. The summed E-state index contributed by atoms with van der Waals surface area (Å²) in [7, 11) is 3.88. The van der Waals surface area contributed by atoms with Crippen LogP contribution >= 0.6 is 0 Å². The molecular formula is C15H20N2O3. The van der Waals surface area contributed by atoms with E-state index in [2.05, 4.69) is 0 Å². The summed E-state index contributed by atoms with van der Waals surface area (Å²) >= 11 is 0. The molecule has 1 amide bonds. The molecule has 2 rings (SSSR count). The van der Waals surface area contributed by atoms with Crippen LogP contribution in [0.5, 0.6) is 0 Å². The molecule has 1 aliphatic heterocycles. The molecule has 1 aromatic carbocycles. The van der Waals surface area contributed by atoms with Crippen molar-refractivity contribution in [3.8, 4) is 0 Å². The fraction of sp³-hybridized carbons (Fsp3) is 0.467. The molecule has 0 aliphatic carbocycles. The number of likely N-dealkylation sites (tertiary alicyclic amines) is 1. The highest BCUT2D eigenvalue weighted by Gasteiger charge is 2.38. The Morgan fingerprint density at radius 1 is 1.25 bits per heavy atom. The van der Waals surface area contributed by atoms with E-state index in [1.54, 1.807) is 24.0 Å². The zero-order valence-electron chi connectivity index (χ0n) is 12.0. The average molecular weight is 276 g/mol. The number of carboxylic acids is 1. The average Bonchev–Trinajstić information content (AvgIpc) is 2.80. The first kappa shape index (κ1) is 14.4. The van der Waals surface area contributed by atoms with E-state index in [1.807, 2.05) is 31.1 Å². The minimum Gasteiger partial charge on any atom is -0.481 e. The molecule has 2 atom stereocenters. The largest absolute Gasteiger partial charge is 0.481 e. The Kier molecular flexibility index (Phi) is 3.97. The van der Waals surface area contributed by atoms with Crippen molar-refractivity contribution in [3.63, 3.8) is 0 Å². The number of rotatable bonds is 3. The second kappa shape index (κ2) is 5.53. The van der Waals surface area contributed by atoms with Gasteiger partial charge in [0.2, 0.25) is 0 Å². The maximum absolute atomic E-state index is 12.4. The number of benzene rings is 1. The van der Waals surface area contributed by atoms with Crippen LogP contribution in [0.2, 0.25) is 0 Å². The van der Waals surface area contributed by atoms with E-state index in [4.69, 9.17) is 5.11 Å². The van der Waals surface area contributed by atoms with Gasteiger partial charge in [-0.2, -0.15) is 0 Å². The quantitative estimate of drug-likeness (QED) is 0.912. The molecule has 1 fully saturated rings. The van der Waals surface area contributed by atoms with Gasteiger partial charge in [-0.1, -0.05) is 0 Å². The van der Waals surface area contributed by atoms with Gasteiger partial charge in [0.25, 0.3) is 5.91 Å². The third-order valence-corrected chi connectivity index (χ3v) is 3.96. The first-order chi connectivity index (χ1) is 9.41. The Morgan fingerprint density at radius 3 is 2.30 bits per heavy atom. The lowest BCUT2D eigenvalue weighted by atomic mass is 10.0. The molecule has 5 nitrogen and oxygen atoms in total. The van der Waals surface area contributed by atoms with Crippen molar-refractivity contribution in [3.05, 3.63) is 29.8 Å². The normalized spacial score (nSPS) is 21.9. The lowest BCUT2D eigenvalue weighted by molar-refractivity contribution is -0.142. The molecule has 1 saturated heterocycles. The van der Waals surface area contributed by atoms with Crippen LogP contribution in [0.3, 0.4) is 0 Å². The second-order valence-electron chi connectivity index (χ2n) is 5.41. The van der Waals surface area contributed by atoms with E-state index >= 15 is 0 Å². The van der Waals surface area contributed by atoms with Crippen LogP contribution in [0.15, 0.2) is 24.3 Å². The van der Waals surface area contributed by atoms with E-state index < -0.39 is 11.9 Å². The van der Waals surface area contributed by atoms with Crippen molar-refractivity contribution in [1.82, 2.24) is 4.90 Å². The summed E-state index contributed by atoms with van der Waals surface area (Å²) in [6, 6.07) is 7.11. The molecule has 0 aromatic heterocycles. The predicted molar refractivity (Wildman–Crippen MR) is 77.0 cm³/mol. The van der Waals surface area contributed by atoms with E-state index in [0.717, 1.165) is 5.69 Å². The molecule has 5 heteroatoms. The Labute approximate surface area is 118 Å². The highest BCUT2D eigenvalue weighted by Crippen LogP contribution is 2.26. The van der Waals surface area contributed by atoms with E-state index in [9.17, 15) is 9.59 Å². The van der Waals surface area contributed by atoms with Crippen LogP contribution in [-0.2, 0) is 4.79 Å². The number of carboxylic acid groups (broad SMARTS) is 1. The van der Waals surface area contributed by atoms with E-state index in [0.29, 0.717) is 18.5 Å². The summed E-state index contributed by atoms with van der Waals surface area (Å²) in [4.78, 5) is 27.1. The summed E-state index contributed by atoms with van der Waals surface area (Å²) < 4.78 is 0. The van der Waals surface area contributed by atoms with Crippen LogP contribution in [-0.4, -0.2) is 48.6 Å². The van der Waals surface area contributed by atoms with Gasteiger partial charge in [-0.25, -0.2) is 0 Å². The number of carbonyl (C=O) groups is 2. The number of nitrogens with zero attached hydrogens (tertiary/aromatic N) is 2.